The Labute approximate surface area is 122 Å². The van der Waals surface area contributed by atoms with E-state index in [1.807, 2.05) is 0 Å². The van der Waals surface area contributed by atoms with Gasteiger partial charge in [0.25, 0.3) is 0 Å². The number of imidazole rings is 1. The zero-order valence-electron chi connectivity index (χ0n) is 13.1. The van der Waals surface area contributed by atoms with Crippen LogP contribution in [0.2, 0.25) is 0 Å². The third-order valence-corrected chi connectivity index (χ3v) is 4.99. The second kappa shape index (κ2) is 5.76. The Balaban J connectivity index is 1.73. The first kappa shape index (κ1) is 13.9. The molecule has 1 aliphatic heterocycles. The number of likely N-dealkylation sites (tertiary alicyclic amines) is 1. The van der Waals surface area contributed by atoms with Crippen LogP contribution in [0.5, 0.6) is 0 Å². The highest BCUT2D eigenvalue weighted by Gasteiger charge is 2.27. The molecule has 1 aromatic rings. The average molecular weight is 276 g/mol. The Morgan fingerprint density at radius 2 is 2.00 bits per heavy atom. The third-order valence-electron chi connectivity index (χ3n) is 4.99. The summed E-state index contributed by atoms with van der Waals surface area (Å²) in [5.74, 6) is 1.79. The number of rotatable bonds is 3. The predicted octanol–water partition coefficient (Wildman–Crippen LogP) is 3.06. The first-order chi connectivity index (χ1) is 9.63. The van der Waals surface area contributed by atoms with Crippen LogP contribution in [0, 0.1) is 12.8 Å². The first-order valence-corrected chi connectivity index (χ1v) is 8.14. The van der Waals surface area contributed by atoms with E-state index in [9.17, 15) is 0 Å². The van der Waals surface area contributed by atoms with Crippen LogP contribution in [0.15, 0.2) is 6.20 Å². The van der Waals surface area contributed by atoms with Crippen molar-refractivity contribution in [2.75, 3.05) is 25.5 Å². The highest BCUT2D eigenvalue weighted by molar-refractivity contribution is 5.32. The van der Waals surface area contributed by atoms with Gasteiger partial charge in [-0.15, -0.1) is 0 Å². The van der Waals surface area contributed by atoms with Crippen LogP contribution < -0.4 is 5.32 Å². The lowest BCUT2D eigenvalue weighted by Crippen LogP contribution is -2.43. The smallest absolute Gasteiger partial charge is 0.203 e. The van der Waals surface area contributed by atoms with E-state index in [-0.39, 0.29) is 0 Å². The maximum absolute atomic E-state index is 4.74. The van der Waals surface area contributed by atoms with Crippen molar-refractivity contribution in [3.05, 3.63) is 11.9 Å². The van der Waals surface area contributed by atoms with E-state index in [1.54, 1.807) is 0 Å². The lowest BCUT2D eigenvalue weighted by molar-refractivity contribution is 0.205. The highest BCUT2D eigenvalue weighted by Crippen LogP contribution is 2.32. The minimum absolute atomic E-state index is 0.563. The molecule has 2 aliphatic rings. The summed E-state index contributed by atoms with van der Waals surface area (Å²) in [4.78, 5) is 7.17. The van der Waals surface area contributed by atoms with Gasteiger partial charge in [0.1, 0.15) is 0 Å². The fourth-order valence-corrected chi connectivity index (χ4v) is 3.82. The molecule has 0 spiro atoms. The molecule has 4 heteroatoms. The van der Waals surface area contributed by atoms with Gasteiger partial charge in [-0.25, -0.2) is 4.98 Å². The first-order valence-electron chi connectivity index (χ1n) is 8.14. The molecule has 4 nitrogen and oxygen atoms in total. The molecule has 2 atom stereocenters. The molecule has 3 rings (SSSR count). The zero-order valence-corrected chi connectivity index (χ0v) is 13.1. The summed E-state index contributed by atoms with van der Waals surface area (Å²) in [6, 6.07) is 1.23. The molecule has 1 saturated carbocycles. The standard InChI is InChI=1S/C16H28N4/c1-12-10-19(3)9-8-15(12)18-16-17-13(2)11-20(16)14-6-4-5-7-14/h11-12,14-15H,4-10H2,1-3H3,(H,17,18). The minimum Gasteiger partial charge on any atom is -0.353 e. The molecule has 2 unspecified atom stereocenters. The molecule has 2 fully saturated rings. The molecule has 20 heavy (non-hydrogen) atoms. The van der Waals surface area contributed by atoms with E-state index in [2.05, 4.69) is 41.9 Å². The second-order valence-electron chi connectivity index (χ2n) is 6.83. The van der Waals surface area contributed by atoms with Gasteiger partial charge >= 0.3 is 0 Å². The molecule has 1 aromatic heterocycles. The quantitative estimate of drug-likeness (QED) is 0.921. The van der Waals surface area contributed by atoms with E-state index in [0.29, 0.717) is 18.0 Å². The highest BCUT2D eigenvalue weighted by atomic mass is 15.2. The molecule has 112 valence electrons. The van der Waals surface area contributed by atoms with Crippen LogP contribution in [-0.4, -0.2) is 40.6 Å². The van der Waals surface area contributed by atoms with Crippen LogP contribution in [0.25, 0.3) is 0 Å². The van der Waals surface area contributed by atoms with E-state index in [1.165, 1.54) is 45.2 Å². The molecule has 0 radical (unpaired) electrons. The van der Waals surface area contributed by atoms with E-state index in [4.69, 9.17) is 4.98 Å². The number of aryl methyl sites for hydroxylation is 1. The molecule has 1 aliphatic carbocycles. The summed E-state index contributed by atoms with van der Waals surface area (Å²) in [5.41, 5.74) is 1.14. The van der Waals surface area contributed by atoms with Crippen molar-refractivity contribution in [1.29, 1.82) is 0 Å². The summed E-state index contributed by atoms with van der Waals surface area (Å²) >= 11 is 0. The lowest BCUT2D eigenvalue weighted by atomic mass is 9.94. The maximum Gasteiger partial charge on any atom is 0.203 e. The van der Waals surface area contributed by atoms with Gasteiger partial charge in [0, 0.05) is 24.8 Å². The monoisotopic (exact) mass is 276 g/mol. The van der Waals surface area contributed by atoms with Crippen LogP contribution in [-0.2, 0) is 0 Å². The van der Waals surface area contributed by atoms with Crippen molar-refractivity contribution in [3.63, 3.8) is 0 Å². The zero-order chi connectivity index (χ0) is 14.1. The summed E-state index contributed by atoms with van der Waals surface area (Å²) < 4.78 is 2.41. The van der Waals surface area contributed by atoms with Crippen molar-refractivity contribution < 1.29 is 0 Å². The van der Waals surface area contributed by atoms with Crippen LogP contribution in [0.1, 0.15) is 50.8 Å². The Morgan fingerprint density at radius 1 is 1.25 bits per heavy atom. The van der Waals surface area contributed by atoms with Crippen molar-refractivity contribution in [2.24, 2.45) is 5.92 Å². The number of aromatic nitrogens is 2. The van der Waals surface area contributed by atoms with Crippen LogP contribution in [0.3, 0.4) is 0 Å². The van der Waals surface area contributed by atoms with Crippen molar-refractivity contribution in [2.45, 2.75) is 58.0 Å². The fourth-order valence-electron chi connectivity index (χ4n) is 3.82. The van der Waals surface area contributed by atoms with E-state index < -0.39 is 0 Å². The number of hydrogen-bond donors (Lipinski definition) is 1. The Hall–Kier alpha value is -1.03. The van der Waals surface area contributed by atoms with Gasteiger partial charge in [-0.1, -0.05) is 19.8 Å². The van der Waals surface area contributed by atoms with E-state index >= 15 is 0 Å². The molecule has 0 aromatic carbocycles. The van der Waals surface area contributed by atoms with Crippen molar-refractivity contribution >= 4 is 5.95 Å². The van der Waals surface area contributed by atoms with Crippen molar-refractivity contribution in [3.8, 4) is 0 Å². The SMILES string of the molecule is Cc1cn(C2CCCC2)c(NC2CCN(C)CC2C)n1. The number of anilines is 1. The average Bonchev–Trinajstić information content (AvgIpc) is 3.02. The number of nitrogens with zero attached hydrogens (tertiary/aromatic N) is 3. The van der Waals surface area contributed by atoms with Gasteiger partial charge in [0.05, 0.1) is 5.69 Å². The van der Waals surface area contributed by atoms with Gasteiger partial charge in [0.15, 0.2) is 0 Å². The third kappa shape index (κ3) is 2.85. The van der Waals surface area contributed by atoms with Gasteiger partial charge in [0.2, 0.25) is 5.95 Å². The molecule has 0 bridgehead atoms. The second-order valence-corrected chi connectivity index (χ2v) is 6.83. The number of hydrogen-bond acceptors (Lipinski definition) is 3. The minimum atomic E-state index is 0.563. The van der Waals surface area contributed by atoms with Crippen LogP contribution in [0.4, 0.5) is 5.95 Å². The van der Waals surface area contributed by atoms with Gasteiger partial charge in [-0.2, -0.15) is 0 Å². The molecular formula is C16H28N4. The van der Waals surface area contributed by atoms with E-state index in [0.717, 1.165) is 11.6 Å². The summed E-state index contributed by atoms with van der Waals surface area (Å²) in [6.45, 7) is 6.82. The van der Waals surface area contributed by atoms with Gasteiger partial charge < -0.3 is 14.8 Å². The Kier molecular flexibility index (Phi) is 4.01. The lowest BCUT2D eigenvalue weighted by Gasteiger charge is -2.35. The Morgan fingerprint density at radius 3 is 2.70 bits per heavy atom. The summed E-state index contributed by atoms with van der Waals surface area (Å²) in [5, 5.41) is 3.74. The maximum atomic E-state index is 4.74. The summed E-state index contributed by atoms with van der Waals surface area (Å²) in [6.07, 6.45) is 8.81. The number of piperidine rings is 1. The molecule has 1 saturated heterocycles. The van der Waals surface area contributed by atoms with Gasteiger partial charge in [-0.05, 0) is 45.7 Å². The van der Waals surface area contributed by atoms with Gasteiger partial charge in [-0.3, -0.25) is 0 Å². The molecular weight excluding hydrogens is 248 g/mol. The predicted molar refractivity (Wildman–Crippen MR) is 83.2 cm³/mol. The molecule has 2 heterocycles. The Bertz CT molecular complexity index is 447. The topological polar surface area (TPSA) is 33.1 Å². The molecule has 0 amide bonds. The fraction of sp³-hybridized carbons (Fsp3) is 0.812. The molecule has 1 N–H and O–H groups in total. The van der Waals surface area contributed by atoms with Crippen LogP contribution >= 0.6 is 0 Å². The number of nitrogens with one attached hydrogen (secondary N) is 1. The summed E-state index contributed by atoms with van der Waals surface area (Å²) in [7, 11) is 2.22. The normalized spacial score (nSPS) is 28.9. The van der Waals surface area contributed by atoms with Crippen molar-refractivity contribution in [1.82, 2.24) is 14.5 Å². The largest absolute Gasteiger partial charge is 0.353 e.